The molecule has 0 atom stereocenters. The zero-order chi connectivity index (χ0) is 14.4. The molecule has 2 heterocycles. The molecule has 0 radical (unpaired) electrons. The Balaban J connectivity index is 2.04. The van der Waals surface area contributed by atoms with Crippen LogP contribution in [0.15, 0.2) is 35.1 Å². The van der Waals surface area contributed by atoms with E-state index in [0.29, 0.717) is 5.82 Å². The Morgan fingerprint density at radius 2 is 1.90 bits per heavy atom. The van der Waals surface area contributed by atoms with E-state index in [1.165, 1.54) is 21.5 Å². The van der Waals surface area contributed by atoms with Crippen LogP contribution in [0, 0.1) is 0 Å². The predicted octanol–water partition coefficient (Wildman–Crippen LogP) is 2.72. The van der Waals surface area contributed by atoms with Gasteiger partial charge in [-0.15, -0.1) is 11.3 Å². The Bertz CT molecular complexity index is 880. The summed E-state index contributed by atoms with van der Waals surface area (Å²) in [5.74, 6) is 6.55. The Labute approximate surface area is 125 Å². The first-order chi connectivity index (χ1) is 10.3. The predicted molar refractivity (Wildman–Crippen MR) is 86.1 cm³/mol. The maximum absolute atomic E-state index is 12.7. The molecular weight excluding hydrogens is 282 g/mol. The van der Waals surface area contributed by atoms with Crippen molar-refractivity contribution >= 4 is 21.6 Å². The molecule has 0 saturated carbocycles. The Morgan fingerprint density at radius 3 is 2.71 bits per heavy atom. The van der Waals surface area contributed by atoms with Gasteiger partial charge in [0.2, 0.25) is 0 Å². The SMILES string of the molecule is Nn1c(-c2ccccc2)nc2sc3c(c2c1=O)CCCC3. The molecular formula is C16H15N3OS. The summed E-state index contributed by atoms with van der Waals surface area (Å²) in [6, 6.07) is 9.62. The zero-order valence-corrected chi connectivity index (χ0v) is 12.3. The van der Waals surface area contributed by atoms with Gasteiger partial charge in [-0.2, -0.15) is 0 Å². The van der Waals surface area contributed by atoms with Crippen LogP contribution in [0.3, 0.4) is 0 Å². The van der Waals surface area contributed by atoms with Crippen LogP contribution in [0.25, 0.3) is 21.6 Å². The molecule has 1 aromatic carbocycles. The number of nitrogens with two attached hydrogens (primary N) is 1. The molecule has 0 saturated heterocycles. The molecule has 4 nitrogen and oxygen atoms in total. The number of aryl methyl sites for hydroxylation is 2. The van der Waals surface area contributed by atoms with E-state index in [1.54, 1.807) is 11.3 Å². The van der Waals surface area contributed by atoms with Crippen molar-refractivity contribution in [2.45, 2.75) is 25.7 Å². The van der Waals surface area contributed by atoms with E-state index in [4.69, 9.17) is 5.84 Å². The van der Waals surface area contributed by atoms with Gasteiger partial charge in [-0.05, 0) is 31.2 Å². The van der Waals surface area contributed by atoms with E-state index in [-0.39, 0.29) is 5.56 Å². The summed E-state index contributed by atoms with van der Waals surface area (Å²) in [4.78, 5) is 19.5. The summed E-state index contributed by atoms with van der Waals surface area (Å²) in [5.41, 5.74) is 1.92. The minimum Gasteiger partial charge on any atom is -0.334 e. The smallest absolute Gasteiger partial charge is 0.281 e. The van der Waals surface area contributed by atoms with Gasteiger partial charge in [0.05, 0.1) is 5.39 Å². The number of benzene rings is 1. The van der Waals surface area contributed by atoms with Crippen molar-refractivity contribution in [2.75, 3.05) is 5.84 Å². The van der Waals surface area contributed by atoms with Crippen molar-refractivity contribution in [2.24, 2.45) is 0 Å². The van der Waals surface area contributed by atoms with E-state index >= 15 is 0 Å². The van der Waals surface area contributed by atoms with Gasteiger partial charge in [0, 0.05) is 10.4 Å². The van der Waals surface area contributed by atoms with Crippen molar-refractivity contribution < 1.29 is 0 Å². The lowest BCUT2D eigenvalue weighted by Gasteiger charge is -2.10. The molecule has 2 aromatic heterocycles. The molecule has 5 heteroatoms. The number of hydrogen-bond acceptors (Lipinski definition) is 4. The van der Waals surface area contributed by atoms with Crippen molar-refractivity contribution in [3.05, 3.63) is 51.1 Å². The first-order valence-corrected chi connectivity index (χ1v) is 7.95. The minimum absolute atomic E-state index is 0.127. The third kappa shape index (κ3) is 1.88. The highest BCUT2D eigenvalue weighted by Gasteiger charge is 2.21. The number of fused-ring (bicyclic) bond motifs is 3. The highest BCUT2D eigenvalue weighted by molar-refractivity contribution is 7.18. The molecule has 2 N–H and O–H groups in total. The van der Waals surface area contributed by atoms with E-state index in [1.807, 2.05) is 30.3 Å². The number of aromatic nitrogens is 2. The third-order valence-electron chi connectivity index (χ3n) is 4.05. The van der Waals surface area contributed by atoms with Crippen LogP contribution >= 0.6 is 11.3 Å². The van der Waals surface area contributed by atoms with Gasteiger partial charge in [-0.25, -0.2) is 9.66 Å². The fraction of sp³-hybridized carbons (Fsp3) is 0.250. The molecule has 0 amide bonds. The van der Waals surface area contributed by atoms with Crippen LogP contribution in [0.2, 0.25) is 0 Å². The van der Waals surface area contributed by atoms with Gasteiger partial charge >= 0.3 is 0 Å². The number of nitrogens with zero attached hydrogens (tertiary/aromatic N) is 2. The quantitative estimate of drug-likeness (QED) is 0.703. The van der Waals surface area contributed by atoms with Crippen molar-refractivity contribution in [3.63, 3.8) is 0 Å². The molecule has 4 rings (SSSR count). The third-order valence-corrected chi connectivity index (χ3v) is 5.24. The van der Waals surface area contributed by atoms with Crippen LogP contribution in [0.5, 0.6) is 0 Å². The second-order valence-electron chi connectivity index (χ2n) is 5.37. The number of hydrogen-bond donors (Lipinski definition) is 1. The molecule has 0 bridgehead atoms. The first kappa shape index (κ1) is 12.6. The molecule has 3 aromatic rings. The lowest BCUT2D eigenvalue weighted by molar-refractivity contribution is 0.699. The second-order valence-corrected chi connectivity index (χ2v) is 6.45. The maximum atomic E-state index is 12.7. The van der Waals surface area contributed by atoms with Gasteiger partial charge < -0.3 is 5.84 Å². The van der Waals surface area contributed by atoms with Crippen molar-refractivity contribution in [3.8, 4) is 11.4 Å². The summed E-state index contributed by atoms with van der Waals surface area (Å²) in [6.07, 6.45) is 4.36. The van der Waals surface area contributed by atoms with Gasteiger partial charge in [0.15, 0.2) is 5.82 Å². The van der Waals surface area contributed by atoms with Gasteiger partial charge in [-0.1, -0.05) is 30.3 Å². The molecule has 21 heavy (non-hydrogen) atoms. The van der Waals surface area contributed by atoms with Gasteiger partial charge in [0.25, 0.3) is 5.56 Å². The second kappa shape index (κ2) is 4.70. The van der Waals surface area contributed by atoms with Crippen LogP contribution in [-0.4, -0.2) is 9.66 Å². The van der Waals surface area contributed by atoms with Gasteiger partial charge in [0.1, 0.15) is 4.83 Å². The first-order valence-electron chi connectivity index (χ1n) is 7.13. The Morgan fingerprint density at radius 1 is 1.14 bits per heavy atom. The molecule has 0 fully saturated rings. The molecule has 0 unspecified atom stereocenters. The highest BCUT2D eigenvalue weighted by atomic mass is 32.1. The topological polar surface area (TPSA) is 60.9 Å². The summed E-state index contributed by atoms with van der Waals surface area (Å²) in [7, 11) is 0. The van der Waals surface area contributed by atoms with Gasteiger partial charge in [-0.3, -0.25) is 4.79 Å². The van der Waals surface area contributed by atoms with Crippen LogP contribution in [0.4, 0.5) is 0 Å². The Hall–Kier alpha value is -2.14. The monoisotopic (exact) mass is 297 g/mol. The summed E-state index contributed by atoms with van der Waals surface area (Å²) in [5, 5.41) is 0.733. The molecule has 1 aliphatic rings. The minimum atomic E-state index is -0.127. The van der Waals surface area contributed by atoms with E-state index in [9.17, 15) is 4.79 Å². The van der Waals surface area contributed by atoms with E-state index in [2.05, 4.69) is 4.98 Å². The van der Waals surface area contributed by atoms with Crippen LogP contribution < -0.4 is 11.4 Å². The number of nitrogen functional groups attached to an aromatic ring is 1. The maximum Gasteiger partial charge on any atom is 0.281 e. The molecule has 0 spiro atoms. The average Bonchev–Trinajstić information content (AvgIpc) is 2.90. The zero-order valence-electron chi connectivity index (χ0n) is 11.5. The molecule has 106 valence electrons. The number of thiophene rings is 1. The van der Waals surface area contributed by atoms with E-state index < -0.39 is 0 Å². The van der Waals surface area contributed by atoms with E-state index in [0.717, 1.165) is 35.0 Å². The largest absolute Gasteiger partial charge is 0.334 e. The standard InChI is InChI=1S/C16H15N3OS/c17-19-14(10-6-2-1-3-7-10)18-15-13(16(19)20)11-8-4-5-9-12(11)21-15/h1-3,6-7H,4-5,8-9,17H2. The van der Waals surface area contributed by atoms with Crippen LogP contribution in [0.1, 0.15) is 23.3 Å². The van der Waals surface area contributed by atoms with Crippen molar-refractivity contribution in [1.82, 2.24) is 9.66 Å². The fourth-order valence-electron chi connectivity index (χ4n) is 3.01. The normalized spacial score (nSPS) is 14.3. The number of rotatable bonds is 1. The summed E-state index contributed by atoms with van der Waals surface area (Å²) < 4.78 is 1.19. The molecule has 1 aliphatic carbocycles. The highest BCUT2D eigenvalue weighted by Crippen LogP contribution is 2.34. The lowest BCUT2D eigenvalue weighted by atomic mass is 9.97. The summed E-state index contributed by atoms with van der Waals surface area (Å²) in [6.45, 7) is 0. The van der Waals surface area contributed by atoms with Crippen LogP contribution in [-0.2, 0) is 12.8 Å². The Kier molecular flexibility index (Phi) is 2.82. The average molecular weight is 297 g/mol. The summed E-state index contributed by atoms with van der Waals surface area (Å²) >= 11 is 1.65. The lowest BCUT2D eigenvalue weighted by Crippen LogP contribution is -2.30. The fourth-order valence-corrected chi connectivity index (χ4v) is 4.26. The van der Waals surface area contributed by atoms with Crippen molar-refractivity contribution in [1.29, 1.82) is 0 Å². The molecule has 0 aliphatic heterocycles.